The third-order valence-corrected chi connectivity index (χ3v) is 2.91. The monoisotopic (exact) mass is 215 g/mol. The molecule has 0 radical (unpaired) electrons. The predicted molar refractivity (Wildman–Crippen MR) is 52.5 cm³/mol. The molecule has 2 aliphatic heterocycles. The molecule has 0 aromatic heterocycles. The van der Waals surface area contributed by atoms with Crippen molar-refractivity contribution in [1.29, 1.82) is 0 Å². The van der Waals surface area contributed by atoms with Crippen LogP contribution in [0.4, 0.5) is 0 Å². The summed E-state index contributed by atoms with van der Waals surface area (Å²) in [5.74, 6) is -0.244. The van der Waals surface area contributed by atoms with Crippen molar-refractivity contribution in [1.82, 2.24) is 5.32 Å². The highest BCUT2D eigenvalue weighted by Crippen LogP contribution is 2.27. The molecule has 2 fully saturated rings. The van der Waals surface area contributed by atoms with Crippen molar-refractivity contribution in [3.8, 4) is 0 Å². The van der Waals surface area contributed by atoms with E-state index in [0.717, 1.165) is 19.5 Å². The Morgan fingerprint density at radius 1 is 1.67 bits per heavy atom. The van der Waals surface area contributed by atoms with E-state index < -0.39 is 0 Å². The standard InChI is InChI=1S/C10H17NO4/c1-13-9(12)4-8-5-14-7-10(15-8)2-3-11-6-10/h8,11H,2-7H2,1H3. The van der Waals surface area contributed by atoms with Crippen LogP contribution in [0.15, 0.2) is 0 Å². The van der Waals surface area contributed by atoms with Gasteiger partial charge in [-0.05, 0) is 13.0 Å². The highest BCUT2D eigenvalue weighted by molar-refractivity contribution is 5.69. The SMILES string of the molecule is COC(=O)CC1COCC2(CCNC2)O1. The molecule has 0 bridgehead atoms. The molecule has 0 aromatic rings. The summed E-state index contributed by atoms with van der Waals surface area (Å²) >= 11 is 0. The molecule has 2 atom stereocenters. The van der Waals surface area contributed by atoms with Gasteiger partial charge in [-0.25, -0.2) is 0 Å². The predicted octanol–water partition coefficient (Wildman–Crippen LogP) is -0.303. The van der Waals surface area contributed by atoms with E-state index in [2.05, 4.69) is 10.1 Å². The molecule has 2 heterocycles. The lowest BCUT2D eigenvalue weighted by molar-refractivity contribution is -0.195. The Bertz CT molecular complexity index is 238. The number of nitrogens with one attached hydrogen (secondary N) is 1. The van der Waals surface area contributed by atoms with Crippen LogP contribution < -0.4 is 5.32 Å². The smallest absolute Gasteiger partial charge is 0.308 e. The van der Waals surface area contributed by atoms with Crippen molar-refractivity contribution in [2.45, 2.75) is 24.5 Å². The van der Waals surface area contributed by atoms with Gasteiger partial charge in [0.25, 0.3) is 0 Å². The molecule has 0 aliphatic carbocycles. The van der Waals surface area contributed by atoms with Crippen molar-refractivity contribution in [3.05, 3.63) is 0 Å². The second kappa shape index (κ2) is 4.47. The molecule has 1 spiro atoms. The van der Waals surface area contributed by atoms with Crippen LogP contribution in [0.1, 0.15) is 12.8 Å². The summed E-state index contributed by atoms with van der Waals surface area (Å²) < 4.78 is 16.0. The van der Waals surface area contributed by atoms with Gasteiger partial charge in [0, 0.05) is 6.54 Å². The summed E-state index contributed by atoms with van der Waals surface area (Å²) in [5, 5.41) is 3.25. The largest absolute Gasteiger partial charge is 0.469 e. The second-order valence-corrected chi connectivity index (χ2v) is 4.15. The first kappa shape index (κ1) is 10.9. The Morgan fingerprint density at radius 2 is 2.53 bits per heavy atom. The van der Waals surface area contributed by atoms with Crippen LogP contribution >= 0.6 is 0 Å². The fourth-order valence-electron chi connectivity index (χ4n) is 2.11. The Hall–Kier alpha value is -0.650. The van der Waals surface area contributed by atoms with E-state index in [-0.39, 0.29) is 24.1 Å². The van der Waals surface area contributed by atoms with Crippen molar-refractivity contribution in [3.63, 3.8) is 0 Å². The highest BCUT2D eigenvalue weighted by Gasteiger charge is 2.41. The fraction of sp³-hybridized carbons (Fsp3) is 0.900. The van der Waals surface area contributed by atoms with Gasteiger partial charge in [-0.1, -0.05) is 0 Å². The minimum atomic E-state index is -0.244. The van der Waals surface area contributed by atoms with E-state index in [0.29, 0.717) is 13.2 Å². The Morgan fingerprint density at radius 3 is 3.20 bits per heavy atom. The zero-order chi connectivity index (χ0) is 10.7. The summed E-state index contributed by atoms with van der Waals surface area (Å²) in [7, 11) is 1.39. The molecule has 86 valence electrons. The number of esters is 1. The van der Waals surface area contributed by atoms with Crippen molar-refractivity contribution >= 4 is 5.97 Å². The Kier molecular flexibility index (Phi) is 3.23. The molecule has 0 aromatic carbocycles. The normalized spacial score (nSPS) is 35.7. The van der Waals surface area contributed by atoms with Crippen LogP contribution in [-0.4, -0.2) is 51.1 Å². The number of hydrogen-bond donors (Lipinski definition) is 1. The number of ether oxygens (including phenoxy) is 3. The summed E-state index contributed by atoms with van der Waals surface area (Å²) in [6, 6.07) is 0. The maximum absolute atomic E-state index is 11.1. The van der Waals surface area contributed by atoms with E-state index in [9.17, 15) is 4.79 Å². The van der Waals surface area contributed by atoms with Crippen molar-refractivity contribution in [2.75, 3.05) is 33.4 Å². The molecule has 1 N–H and O–H groups in total. The molecule has 2 aliphatic rings. The lowest BCUT2D eigenvalue weighted by atomic mass is 10.0. The van der Waals surface area contributed by atoms with Crippen LogP contribution in [0.3, 0.4) is 0 Å². The minimum Gasteiger partial charge on any atom is -0.469 e. The van der Waals surface area contributed by atoms with Crippen molar-refractivity contribution < 1.29 is 19.0 Å². The quantitative estimate of drug-likeness (QED) is 0.641. The van der Waals surface area contributed by atoms with Gasteiger partial charge in [0.1, 0.15) is 5.60 Å². The van der Waals surface area contributed by atoms with Crippen molar-refractivity contribution in [2.24, 2.45) is 0 Å². The maximum Gasteiger partial charge on any atom is 0.308 e. The highest BCUT2D eigenvalue weighted by atomic mass is 16.6. The number of hydrogen-bond acceptors (Lipinski definition) is 5. The molecule has 2 saturated heterocycles. The fourth-order valence-corrected chi connectivity index (χ4v) is 2.11. The van der Waals surface area contributed by atoms with Crippen LogP contribution in [0.2, 0.25) is 0 Å². The van der Waals surface area contributed by atoms with Gasteiger partial charge in [-0.15, -0.1) is 0 Å². The second-order valence-electron chi connectivity index (χ2n) is 4.15. The van der Waals surface area contributed by atoms with E-state index >= 15 is 0 Å². The summed E-state index contributed by atoms with van der Waals surface area (Å²) in [4.78, 5) is 11.1. The average molecular weight is 215 g/mol. The zero-order valence-corrected chi connectivity index (χ0v) is 8.95. The summed E-state index contributed by atoms with van der Waals surface area (Å²) in [6.07, 6.45) is 1.06. The third-order valence-electron chi connectivity index (χ3n) is 2.91. The van der Waals surface area contributed by atoms with E-state index in [1.165, 1.54) is 7.11 Å². The average Bonchev–Trinajstić information content (AvgIpc) is 2.66. The minimum absolute atomic E-state index is 0.161. The summed E-state index contributed by atoms with van der Waals surface area (Å²) in [6.45, 7) is 2.87. The number of methoxy groups -OCH3 is 1. The molecule has 2 rings (SSSR count). The first-order valence-electron chi connectivity index (χ1n) is 5.27. The van der Waals surface area contributed by atoms with Gasteiger partial charge in [-0.3, -0.25) is 4.79 Å². The van der Waals surface area contributed by atoms with Gasteiger partial charge < -0.3 is 19.5 Å². The lowest BCUT2D eigenvalue weighted by Crippen LogP contribution is -2.49. The zero-order valence-electron chi connectivity index (χ0n) is 8.95. The van der Waals surface area contributed by atoms with Gasteiger partial charge in [0.2, 0.25) is 0 Å². The van der Waals surface area contributed by atoms with Gasteiger partial charge in [-0.2, -0.15) is 0 Å². The van der Waals surface area contributed by atoms with Crippen LogP contribution in [0.25, 0.3) is 0 Å². The third kappa shape index (κ3) is 2.48. The molecule has 5 nitrogen and oxygen atoms in total. The Balaban J connectivity index is 1.89. The molecule has 0 saturated carbocycles. The van der Waals surface area contributed by atoms with E-state index in [4.69, 9.17) is 9.47 Å². The number of carbonyl (C=O) groups is 1. The molecular weight excluding hydrogens is 198 g/mol. The molecular formula is C10H17NO4. The van der Waals surface area contributed by atoms with Gasteiger partial charge >= 0.3 is 5.97 Å². The lowest BCUT2D eigenvalue weighted by Gasteiger charge is -2.37. The van der Waals surface area contributed by atoms with Crippen LogP contribution in [0, 0.1) is 0 Å². The molecule has 2 unspecified atom stereocenters. The van der Waals surface area contributed by atoms with E-state index in [1.807, 2.05) is 0 Å². The van der Waals surface area contributed by atoms with Gasteiger partial charge in [0.15, 0.2) is 0 Å². The van der Waals surface area contributed by atoms with Gasteiger partial charge in [0.05, 0.1) is 32.8 Å². The van der Waals surface area contributed by atoms with E-state index in [1.54, 1.807) is 0 Å². The maximum atomic E-state index is 11.1. The topological polar surface area (TPSA) is 56.8 Å². The molecule has 5 heteroatoms. The first-order valence-corrected chi connectivity index (χ1v) is 5.27. The van der Waals surface area contributed by atoms with Crippen LogP contribution in [0.5, 0.6) is 0 Å². The first-order chi connectivity index (χ1) is 7.24. The number of rotatable bonds is 2. The summed E-state index contributed by atoms with van der Waals surface area (Å²) in [5.41, 5.74) is -0.211. The molecule has 15 heavy (non-hydrogen) atoms. The molecule has 0 amide bonds. The Labute approximate surface area is 89.1 Å². The van der Waals surface area contributed by atoms with Crippen LogP contribution in [-0.2, 0) is 19.0 Å². The number of carbonyl (C=O) groups excluding carboxylic acids is 1.